The van der Waals surface area contributed by atoms with Gasteiger partial charge in [0, 0.05) is 10.0 Å². The predicted octanol–water partition coefficient (Wildman–Crippen LogP) is 7.14. The molecule has 3 rings (SSSR count). The molecule has 31 heavy (non-hydrogen) atoms. The molecule has 4 heteroatoms. The number of rotatable bonds is 8. The normalized spacial score (nSPS) is 11.0. The van der Waals surface area contributed by atoms with Crippen LogP contribution in [-0.4, -0.2) is 7.11 Å². The molecule has 0 aliphatic rings. The topological polar surface area (TPSA) is 42.2 Å². The number of nitrogens with zero attached hydrogens (tertiary/aromatic N) is 1. The lowest BCUT2D eigenvalue weighted by Gasteiger charge is -2.16. The SMILES string of the molecule is C=CCc1cc(/C=C(/C#N)c2ccc(C)cc2)cc(OC)c1OCc1ccc(Br)cc1. The number of hydrogen-bond acceptors (Lipinski definition) is 3. The van der Waals surface area contributed by atoms with Crippen LogP contribution in [0.3, 0.4) is 0 Å². The van der Waals surface area contributed by atoms with Gasteiger partial charge in [-0.1, -0.05) is 64.0 Å². The summed E-state index contributed by atoms with van der Waals surface area (Å²) in [6, 6.07) is 22.2. The molecule has 3 aromatic carbocycles. The second-order valence-electron chi connectivity index (χ2n) is 7.16. The highest BCUT2D eigenvalue weighted by Gasteiger charge is 2.13. The van der Waals surface area contributed by atoms with Gasteiger partial charge in [0.15, 0.2) is 11.5 Å². The monoisotopic (exact) mass is 473 g/mol. The van der Waals surface area contributed by atoms with Crippen molar-refractivity contribution in [3.63, 3.8) is 0 Å². The van der Waals surface area contributed by atoms with E-state index in [2.05, 4.69) is 28.6 Å². The Balaban J connectivity index is 1.96. The first-order chi connectivity index (χ1) is 15.0. The van der Waals surface area contributed by atoms with Crippen LogP contribution in [-0.2, 0) is 13.0 Å². The minimum Gasteiger partial charge on any atom is -0.493 e. The Morgan fingerprint density at radius 3 is 2.42 bits per heavy atom. The van der Waals surface area contributed by atoms with Gasteiger partial charge in [-0.15, -0.1) is 6.58 Å². The number of halogens is 1. The Morgan fingerprint density at radius 1 is 1.10 bits per heavy atom. The second-order valence-corrected chi connectivity index (χ2v) is 8.07. The van der Waals surface area contributed by atoms with Crippen molar-refractivity contribution >= 4 is 27.6 Å². The molecule has 0 saturated heterocycles. The summed E-state index contributed by atoms with van der Waals surface area (Å²) in [7, 11) is 1.62. The minimum atomic E-state index is 0.426. The summed E-state index contributed by atoms with van der Waals surface area (Å²) in [5, 5.41) is 9.70. The maximum atomic E-state index is 9.70. The lowest BCUT2D eigenvalue weighted by Crippen LogP contribution is -2.02. The summed E-state index contributed by atoms with van der Waals surface area (Å²) >= 11 is 3.45. The number of nitriles is 1. The van der Waals surface area contributed by atoms with Crippen LogP contribution in [0.1, 0.15) is 27.8 Å². The van der Waals surface area contributed by atoms with Gasteiger partial charge in [0.25, 0.3) is 0 Å². The molecule has 0 N–H and O–H groups in total. The Labute approximate surface area is 192 Å². The van der Waals surface area contributed by atoms with Crippen molar-refractivity contribution in [3.05, 3.63) is 106 Å². The third-order valence-electron chi connectivity index (χ3n) is 4.83. The van der Waals surface area contributed by atoms with Gasteiger partial charge in [0.05, 0.1) is 18.8 Å². The first-order valence-electron chi connectivity index (χ1n) is 9.92. The highest BCUT2D eigenvalue weighted by molar-refractivity contribution is 9.10. The van der Waals surface area contributed by atoms with E-state index in [1.165, 1.54) is 0 Å². The molecule has 0 aliphatic heterocycles. The molecule has 3 nitrogen and oxygen atoms in total. The number of methoxy groups -OCH3 is 1. The average molecular weight is 474 g/mol. The zero-order valence-corrected chi connectivity index (χ0v) is 19.3. The standard InChI is InChI=1S/C27H24BrNO2/c1-4-5-23-14-21(15-24(17-29)22-10-6-19(2)7-11-22)16-26(30-3)27(23)31-18-20-8-12-25(28)13-9-20/h4,6-16H,1,5,18H2,2-3H3/b24-15-. The van der Waals surface area contributed by atoms with Gasteiger partial charge in [-0.05, 0) is 60.4 Å². The molecule has 0 heterocycles. The molecule has 0 unspecified atom stereocenters. The zero-order chi connectivity index (χ0) is 22.2. The molecule has 0 bridgehead atoms. The largest absolute Gasteiger partial charge is 0.493 e. The molecular weight excluding hydrogens is 450 g/mol. The summed E-state index contributed by atoms with van der Waals surface area (Å²) in [5.74, 6) is 1.32. The Bertz CT molecular complexity index is 1120. The van der Waals surface area contributed by atoms with Gasteiger partial charge in [-0.2, -0.15) is 5.26 Å². The van der Waals surface area contributed by atoms with Gasteiger partial charge in [0.2, 0.25) is 0 Å². The Kier molecular flexibility index (Phi) is 7.70. The summed E-state index contributed by atoms with van der Waals surface area (Å²) in [4.78, 5) is 0. The number of aryl methyl sites for hydroxylation is 1. The third kappa shape index (κ3) is 5.87. The number of allylic oxidation sites excluding steroid dienone is 2. The molecule has 0 saturated carbocycles. The van der Waals surface area contributed by atoms with Crippen LogP contribution >= 0.6 is 15.9 Å². The highest BCUT2D eigenvalue weighted by atomic mass is 79.9. The van der Waals surface area contributed by atoms with Gasteiger partial charge < -0.3 is 9.47 Å². The van der Waals surface area contributed by atoms with Crippen molar-refractivity contribution in [1.29, 1.82) is 5.26 Å². The van der Waals surface area contributed by atoms with Crippen molar-refractivity contribution in [3.8, 4) is 17.6 Å². The fraction of sp³-hybridized carbons (Fsp3) is 0.148. The maximum absolute atomic E-state index is 9.70. The minimum absolute atomic E-state index is 0.426. The molecule has 0 fully saturated rings. The van der Waals surface area contributed by atoms with E-state index in [0.29, 0.717) is 30.1 Å². The van der Waals surface area contributed by atoms with E-state index < -0.39 is 0 Å². The van der Waals surface area contributed by atoms with Gasteiger partial charge in [-0.3, -0.25) is 0 Å². The van der Waals surface area contributed by atoms with E-state index in [4.69, 9.17) is 9.47 Å². The molecular formula is C27H24BrNO2. The molecule has 0 spiro atoms. The molecule has 0 aromatic heterocycles. The summed E-state index contributed by atoms with van der Waals surface area (Å²) in [6.45, 7) is 6.33. The molecule has 0 amide bonds. The molecule has 156 valence electrons. The van der Waals surface area contributed by atoms with Gasteiger partial charge in [0.1, 0.15) is 6.61 Å². The summed E-state index contributed by atoms with van der Waals surface area (Å²) in [5.41, 5.74) is 5.52. The van der Waals surface area contributed by atoms with Crippen molar-refractivity contribution < 1.29 is 9.47 Å². The van der Waals surface area contributed by atoms with Crippen molar-refractivity contribution in [2.75, 3.05) is 7.11 Å². The fourth-order valence-electron chi connectivity index (χ4n) is 3.21. The van der Waals surface area contributed by atoms with Crippen LogP contribution in [0.15, 0.2) is 77.8 Å². The van der Waals surface area contributed by atoms with Crippen LogP contribution < -0.4 is 9.47 Å². The average Bonchev–Trinajstić information content (AvgIpc) is 2.78. The van der Waals surface area contributed by atoms with E-state index in [-0.39, 0.29) is 0 Å². The van der Waals surface area contributed by atoms with E-state index in [0.717, 1.165) is 32.3 Å². The molecule has 0 atom stereocenters. The van der Waals surface area contributed by atoms with E-state index in [1.54, 1.807) is 7.11 Å². The second kappa shape index (κ2) is 10.7. The van der Waals surface area contributed by atoms with Crippen LogP contribution in [0.2, 0.25) is 0 Å². The van der Waals surface area contributed by atoms with Crippen molar-refractivity contribution in [2.45, 2.75) is 20.0 Å². The van der Waals surface area contributed by atoms with Crippen molar-refractivity contribution in [2.24, 2.45) is 0 Å². The van der Waals surface area contributed by atoms with E-state index in [1.807, 2.05) is 79.7 Å². The zero-order valence-electron chi connectivity index (χ0n) is 17.7. The number of ether oxygens (including phenoxy) is 2. The Morgan fingerprint density at radius 2 is 1.81 bits per heavy atom. The summed E-state index contributed by atoms with van der Waals surface area (Å²) in [6.07, 6.45) is 4.33. The van der Waals surface area contributed by atoms with Crippen LogP contribution in [0.25, 0.3) is 11.6 Å². The molecule has 0 aliphatic carbocycles. The van der Waals surface area contributed by atoms with Gasteiger partial charge >= 0.3 is 0 Å². The molecule has 0 radical (unpaired) electrons. The smallest absolute Gasteiger partial charge is 0.165 e. The van der Waals surface area contributed by atoms with Gasteiger partial charge in [-0.25, -0.2) is 0 Å². The predicted molar refractivity (Wildman–Crippen MR) is 130 cm³/mol. The lowest BCUT2D eigenvalue weighted by molar-refractivity contribution is 0.282. The highest BCUT2D eigenvalue weighted by Crippen LogP contribution is 2.35. The fourth-order valence-corrected chi connectivity index (χ4v) is 3.47. The van der Waals surface area contributed by atoms with Crippen molar-refractivity contribution in [1.82, 2.24) is 0 Å². The number of benzene rings is 3. The van der Waals surface area contributed by atoms with Crippen LogP contribution in [0.5, 0.6) is 11.5 Å². The van der Waals surface area contributed by atoms with E-state index >= 15 is 0 Å². The maximum Gasteiger partial charge on any atom is 0.165 e. The summed E-state index contributed by atoms with van der Waals surface area (Å²) < 4.78 is 12.8. The quantitative estimate of drug-likeness (QED) is 0.198. The van der Waals surface area contributed by atoms with Crippen LogP contribution in [0, 0.1) is 18.3 Å². The first-order valence-corrected chi connectivity index (χ1v) is 10.7. The van der Waals surface area contributed by atoms with Crippen LogP contribution in [0.4, 0.5) is 0 Å². The number of hydrogen-bond donors (Lipinski definition) is 0. The first kappa shape index (κ1) is 22.4. The Hall–Kier alpha value is -3.29. The molecule has 3 aromatic rings. The lowest BCUT2D eigenvalue weighted by atomic mass is 10.00. The third-order valence-corrected chi connectivity index (χ3v) is 5.36. The van der Waals surface area contributed by atoms with E-state index in [9.17, 15) is 5.26 Å².